The van der Waals surface area contributed by atoms with Crippen molar-refractivity contribution in [1.82, 2.24) is 9.88 Å². The highest BCUT2D eigenvalue weighted by molar-refractivity contribution is 6.31. The van der Waals surface area contributed by atoms with Gasteiger partial charge in [0.25, 0.3) is 5.91 Å². The van der Waals surface area contributed by atoms with Crippen LogP contribution in [0.3, 0.4) is 0 Å². The molecule has 1 aliphatic carbocycles. The third-order valence-electron chi connectivity index (χ3n) is 5.53. The first-order valence-corrected chi connectivity index (χ1v) is 9.27. The Labute approximate surface area is 170 Å². The number of amides is 1. The number of carbonyl (C=O) groups excluding carboxylic acids is 1. The first-order chi connectivity index (χ1) is 12.8. The van der Waals surface area contributed by atoms with Gasteiger partial charge in [0, 0.05) is 23.0 Å². The zero-order valence-corrected chi connectivity index (χ0v) is 16.3. The first-order valence-electron chi connectivity index (χ1n) is 8.89. The van der Waals surface area contributed by atoms with Gasteiger partial charge in [0.05, 0.1) is 17.7 Å². The predicted molar refractivity (Wildman–Crippen MR) is 114 cm³/mol. The molecule has 0 saturated heterocycles. The summed E-state index contributed by atoms with van der Waals surface area (Å²) in [5, 5.41) is 14.0. The Balaban J connectivity index is 0.00000225. The number of aromatic nitrogens is 1. The van der Waals surface area contributed by atoms with E-state index in [-0.39, 0.29) is 24.8 Å². The smallest absolute Gasteiger partial charge is 0.268 e. The fourth-order valence-corrected chi connectivity index (χ4v) is 4.30. The molecule has 1 N–H and O–H groups in total. The number of rotatable bonds is 2. The van der Waals surface area contributed by atoms with E-state index in [1.54, 1.807) is 0 Å². The number of carbonyl (C=O) groups is 1. The van der Waals surface area contributed by atoms with Crippen LogP contribution in [-0.4, -0.2) is 10.5 Å². The Morgan fingerprint density at radius 1 is 1.25 bits per heavy atom. The monoisotopic (exact) mass is 393 g/mol. The summed E-state index contributed by atoms with van der Waals surface area (Å²) in [6.07, 6.45) is 0.865. The summed E-state index contributed by atoms with van der Waals surface area (Å²) in [5.41, 5.74) is 4.27. The Morgan fingerprint density at radius 2 is 2.00 bits per heavy atom. The molecule has 4 nitrogen and oxygen atoms in total. The minimum absolute atomic E-state index is 0. The molecule has 2 aromatic carbocycles. The minimum atomic E-state index is -0.144. The van der Waals surface area contributed by atoms with Gasteiger partial charge in [0.2, 0.25) is 0 Å². The average Bonchev–Trinajstić information content (AvgIpc) is 3.08. The van der Waals surface area contributed by atoms with Gasteiger partial charge in [-0.25, -0.2) is 0 Å². The van der Waals surface area contributed by atoms with Crippen LogP contribution in [0, 0.1) is 16.7 Å². The van der Waals surface area contributed by atoms with Gasteiger partial charge < -0.3 is 9.88 Å². The lowest BCUT2D eigenvalue weighted by molar-refractivity contribution is 0.0895. The summed E-state index contributed by atoms with van der Waals surface area (Å²) in [6, 6.07) is 15.3. The molecule has 3 aromatic rings. The number of nitriles is 1. The second-order valence-corrected chi connectivity index (χ2v) is 8.33. The minimum Gasteiger partial charge on any atom is -0.343 e. The molecular formula is C23H24ClN3O. The maximum atomic E-state index is 13.1. The number of hydrogen-bond acceptors (Lipinski definition) is 2. The van der Waals surface area contributed by atoms with Crippen molar-refractivity contribution in [3.8, 4) is 6.07 Å². The van der Waals surface area contributed by atoms with Gasteiger partial charge in [-0.3, -0.25) is 4.79 Å². The molecule has 1 amide bonds. The van der Waals surface area contributed by atoms with Gasteiger partial charge in [-0.2, -0.15) is 5.26 Å². The SMILES string of the molecule is C.Cn1c(C(=O)N[C@H]2c3cc(C#N)ccc3CC2(C)C)cc2cc(Cl)ccc21. The Kier molecular flexibility index (Phi) is 4.99. The van der Waals surface area contributed by atoms with Gasteiger partial charge in [-0.15, -0.1) is 0 Å². The second kappa shape index (κ2) is 7.00. The van der Waals surface area contributed by atoms with Crippen LogP contribution in [0.5, 0.6) is 0 Å². The van der Waals surface area contributed by atoms with Crippen LogP contribution in [0.15, 0.2) is 42.5 Å². The number of nitrogens with zero attached hydrogens (tertiary/aromatic N) is 2. The van der Waals surface area contributed by atoms with Crippen molar-refractivity contribution in [3.05, 3.63) is 69.9 Å². The van der Waals surface area contributed by atoms with E-state index in [1.165, 1.54) is 5.56 Å². The van der Waals surface area contributed by atoms with Gasteiger partial charge in [-0.1, -0.05) is 38.9 Å². The van der Waals surface area contributed by atoms with Crippen LogP contribution >= 0.6 is 11.6 Å². The standard InChI is InChI=1S/C22H20ClN3O.CH4/c1-22(2)11-14-5-4-13(12-24)8-17(14)20(22)25-21(27)19-10-15-9-16(23)6-7-18(15)26(19)3;/h4-10,20H,11H2,1-3H3,(H,25,27);1H4/t20-;/m0./s1. The van der Waals surface area contributed by atoms with Crippen LogP contribution in [0.4, 0.5) is 0 Å². The maximum Gasteiger partial charge on any atom is 0.268 e. The summed E-state index contributed by atoms with van der Waals surface area (Å²) in [4.78, 5) is 13.1. The van der Waals surface area contributed by atoms with E-state index in [9.17, 15) is 10.1 Å². The molecule has 28 heavy (non-hydrogen) atoms. The van der Waals surface area contributed by atoms with E-state index >= 15 is 0 Å². The first kappa shape index (κ1) is 20.0. The normalized spacial score (nSPS) is 16.9. The highest BCUT2D eigenvalue weighted by Gasteiger charge is 2.40. The molecule has 144 valence electrons. The van der Waals surface area contributed by atoms with E-state index in [0.29, 0.717) is 16.3 Å². The average molecular weight is 394 g/mol. The Bertz CT molecular complexity index is 1120. The number of benzene rings is 2. The molecule has 0 aliphatic heterocycles. The van der Waals surface area contributed by atoms with Crippen LogP contribution in [0.1, 0.15) is 54.5 Å². The Hall–Kier alpha value is -2.77. The van der Waals surface area contributed by atoms with Crippen LogP contribution < -0.4 is 5.32 Å². The van der Waals surface area contributed by atoms with Crippen molar-refractivity contribution in [1.29, 1.82) is 5.26 Å². The van der Waals surface area contributed by atoms with Crippen LogP contribution in [0.25, 0.3) is 10.9 Å². The molecule has 0 fully saturated rings. The lowest BCUT2D eigenvalue weighted by atomic mass is 9.85. The van der Waals surface area contributed by atoms with Crippen molar-refractivity contribution < 1.29 is 4.79 Å². The fraction of sp³-hybridized carbons (Fsp3) is 0.304. The lowest BCUT2D eigenvalue weighted by Crippen LogP contribution is -2.36. The van der Waals surface area contributed by atoms with Crippen LogP contribution in [0.2, 0.25) is 5.02 Å². The van der Waals surface area contributed by atoms with Crippen molar-refractivity contribution in [2.45, 2.75) is 33.7 Å². The molecule has 5 heteroatoms. The quantitative estimate of drug-likeness (QED) is 0.634. The zero-order chi connectivity index (χ0) is 19.3. The van der Waals surface area contributed by atoms with E-state index in [0.717, 1.165) is 22.9 Å². The van der Waals surface area contributed by atoms with Crippen LogP contribution in [-0.2, 0) is 13.5 Å². The lowest BCUT2D eigenvalue weighted by Gasteiger charge is -2.28. The third-order valence-corrected chi connectivity index (χ3v) is 5.76. The highest BCUT2D eigenvalue weighted by atomic mass is 35.5. The van der Waals surface area contributed by atoms with E-state index in [1.807, 2.05) is 54.1 Å². The van der Waals surface area contributed by atoms with E-state index < -0.39 is 0 Å². The van der Waals surface area contributed by atoms with Crippen molar-refractivity contribution in [2.24, 2.45) is 12.5 Å². The van der Waals surface area contributed by atoms with E-state index in [4.69, 9.17) is 11.6 Å². The topological polar surface area (TPSA) is 57.8 Å². The number of nitrogens with one attached hydrogen (secondary N) is 1. The largest absolute Gasteiger partial charge is 0.343 e. The highest BCUT2D eigenvalue weighted by Crippen LogP contribution is 2.45. The maximum absolute atomic E-state index is 13.1. The van der Waals surface area contributed by atoms with Crippen molar-refractivity contribution >= 4 is 28.4 Å². The van der Waals surface area contributed by atoms with Crippen molar-refractivity contribution in [3.63, 3.8) is 0 Å². The van der Waals surface area contributed by atoms with Crippen molar-refractivity contribution in [2.75, 3.05) is 0 Å². The van der Waals surface area contributed by atoms with Gasteiger partial charge in [-0.05, 0) is 59.4 Å². The molecule has 0 radical (unpaired) electrons. The Morgan fingerprint density at radius 3 is 2.71 bits per heavy atom. The molecule has 0 spiro atoms. The van der Waals surface area contributed by atoms with E-state index in [2.05, 4.69) is 25.2 Å². The summed E-state index contributed by atoms with van der Waals surface area (Å²) < 4.78 is 1.88. The van der Waals surface area contributed by atoms with Gasteiger partial charge >= 0.3 is 0 Å². The second-order valence-electron chi connectivity index (χ2n) is 7.89. The number of halogens is 1. The molecule has 1 aromatic heterocycles. The predicted octanol–water partition coefficient (Wildman–Crippen LogP) is 5.39. The summed E-state index contributed by atoms with van der Waals surface area (Å²) in [7, 11) is 1.88. The van der Waals surface area contributed by atoms with Gasteiger partial charge in [0.15, 0.2) is 0 Å². The molecule has 0 unspecified atom stereocenters. The molecule has 1 heterocycles. The molecule has 4 rings (SSSR count). The number of aryl methyl sites for hydroxylation is 1. The summed E-state index contributed by atoms with van der Waals surface area (Å²) >= 11 is 6.08. The number of hydrogen-bond donors (Lipinski definition) is 1. The number of fused-ring (bicyclic) bond motifs is 2. The molecular weight excluding hydrogens is 370 g/mol. The zero-order valence-electron chi connectivity index (χ0n) is 15.5. The summed E-state index contributed by atoms with van der Waals surface area (Å²) in [5.74, 6) is -0.127. The molecule has 1 atom stereocenters. The molecule has 0 saturated carbocycles. The third kappa shape index (κ3) is 3.16. The fourth-order valence-electron chi connectivity index (χ4n) is 4.12. The molecule has 0 bridgehead atoms. The molecule has 1 aliphatic rings. The van der Waals surface area contributed by atoms with Gasteiger partial charge in [0.1, 0.15) is 5.69 Å². The summed E-state index contributed by atoms with van der Waals surface area (Å²) in [6.45, 7) is 4.29.